The van der Waals surface area contributed by atoms with Crippen LogP contribution in [-0.4, -0.2) is 26.9 Å². The lowest BCUT2D eigenvalue weighted by molar-refractivity contribution is -0.138. The van der Waals surface area contributed by atoms with Crippen molar-refractivity contribution in [3.05, 3.63) is 35.9 Å². The van der Waals surface area contributed by atoms with Crippen LogP contribution in [0.5, 0.6) is 0 Å². The van der Waals surface area contributed by atoms with Crippen LogP contribution in [0.4, 0.5) is 0 Å². The largest absolute Gasteiger partial charge is 0.480 e. The SMILES string of the molecule is C=Cc1cc(CC(N)C(=O)O)ccc1P(=O)(O)O. The summed E-state index contributed by atoms with van der Waals surface area (Å²) in [5.41, 5.74) is 6.24. The van der Waals surface area contributed by atoms with Gasteiger partial charge in [0.25, 0.3) is 0 Å². The molecular formula is C11H14NO5P. The highest BCUT2D eigenvalue weighted by Gasteiger charge is 2.21. The van der Waals surface area contributed by atoms with Crippen molar-refractivity contribution in [1.82, 2.24) is 0 Å². The summed E-state index contributed by atoms with van der Waals surface area (Å²) < 4.78 is 11.2. The molecule has 0 amide bonds. The minimum absolute atomic E-state index is 0.0810. The van der Waals surface area contributed by atoms with Crippen molar-refractivity contribution in [2.45, 2.75) is 12.5 Å². The highest BCUT2D eigenvalue weighted by atomic mass is 31.2. The Labute approximate surface area is 104 Å². The van der Waals surface area contributed by atoms with Crippen molar-refractivity contribution in [3.63, 3.8) is 0 Å². The molecule has 98 valence electrons. The first-order chi connectivity index (χ1) is 8.25. The van der Waals surface area contributed by atoms with Gasteiger partial charge in [0.15, 0.2) is 0 Å². The average molecular weight is 271 g/mol. The molecule has 0 aliphatic heterocycles. The summed E-state index contributed by atoms with van der Waals surface area (Å²) in [7, 11) is -4.36. The lowest BCUT2D eigenvalue weighted by Crippen LogP contribution is -2.32. The summed E-state index contributed by atoms with van der Waals surface area (Å²) in [4.78, 5) is 28.8. The number of hydrogen-bond donors (Lipinski definition) is 4. The summed E-state index contributed by atoms with van der Waals surface area (Å²) in [5.74, 6) is -1.13. The predicted octanol–water partition coefficient (Wildman–Crippen LogP) is 0.0870. The van der Waals surface area contributed by atoms with E-state index < -0.39 is 19.6 Å². The van der Waals surface area contributed by atoms with E-state index in [0.29, 0.717) is 5.56 Å². The molecule has 1 aromatic carbocycles. The van der Waals surface area contributed by atoms with Gasteiger partial charge in [-0.05, 0) is 23.6 Å². The lowest BCUT2D eigenvalue weighted by Gasteiger charge is -2.11. The van der Waals surface area contributed by atoms with Gasteiger partial charge in [-0.25, -0.2) is 0 Å². The van der Waals surface area contributed by atoms with Crippen molar-refractivity contribution in [3.8, 4) is 0 Å². The van der Waals surface area contributed by atoms with Gasteiger partial charge >= 0.3 is 13.6 Å². The molecule has 0 spiro atoms. The van der Waals surface area contributed by atoms with Gasteiger partial charge in [-0.2, -0.15) is 0 Å². The number of nitrogens with two attached hydrogens (primary N) is 1. The molecule has 18 heavy (non-hydrogen) atoms. The first-order valence-electron chi connectivity index (χ1n) is 5.05. The molecule has 0 aliphatic rings. The van der Waals surface area contributed by atoms with Crippen LogP contribution in [0.15, 0.2) is 24.8 Å². The molecule has 0 aliphatic carbocycles. The molecule has 0 radical (unpaired) electrons. The van der Waals surface area contributed by atoms with Gasteiger partial charge in [-0.15, -0.1) is 0 Å². The van der Waals surface area contributed by atoms with Gasteiger partial charge in [0.1, 0.15) is 6.04 Å². The number of carboxylic acid groups (broad SMARTS) is 1. The Morgan fingerprint density at radius 1 is 1.50 bits per heavy atom. The maximum absolute atomic E-state index is 11.2. The van der Waals surface area contributed by atoms with E-state index in [2.05, 4.69) is 6.58 Å². The number of benzene rings is 1. The fourth-order valence-electron chi connectivity index (χ4n) is 1.50. The average Bonchev–Trinajstić information content (AvgIpc) is 2.27. The minimum Gasteiger partial charge on any atom is -0.480 e. The zero-order valence-corrected chi connectivity index (χ0v) is 10.4. The quantitative estimate of drug-likeness (QED) is 0.563. The highest BCUT2D eigenvalue weighted by molar-refractivity contribution is 7.60. The van der Waals surface area contributed by atoms with Crippen LogP contribution in [0.1, 0.15) is 11.1 Å². The Morgan fingerprint density at radius 3 is 2.56 bits per heavy atom. The van der Waals surface area contributed by atoms with E-state index in [9.17, 15) is 9.36 Å². The van der Waals surface area contributed by atoms with Crippen LogP contribution in [0, 0.1) is 0 Å². The van der Waals surface area contributed by atoms with E-state index in [4.69, 9.17) is 20.6 Å². The summed E-state index contributed by atoms with van der Waals surface area (Å²) in [6.07, 6.45) is 1.39. The molecule has 6 nitrogen and oxygen atoms in total. The standard InChI is InChI=1S/C11H14NO5P/c1-2-8-5-7(6-9(12)11(13)14)3-4-10(8)18(15,16)17/h2-5,9H,1,6,12H2,(H,13,14)(H2,15,16,17). The van der Waals surface area contributed by atoms with Crippen molar-refractivity contribution in [1.29, 1.82) is 0 Å². The van der Waals surface area contributed by atoms with Crippen LogP contribution >= 0.6 is 7.60 Å². The monoisotopic (exact) mass is 271 g/mol. The van der Waals surface area contributed by atoms with Crippen LogP contribution in [-0.2, 0) is 15.8 Å². The summed E-state index contributed by atoms with van der Waals surface area (Å²) in [6.45, 7) is 3.47. The van der Waals surface area contributed by atoms with Crippen molar-refractivity contribution in [2.75, 3.05) is 0 Å². The molecule has 7 heteroatoms. The Morgan fingerprint density at radius 2 is 2.11 bits per heavy atom. The lowest BCUT2D eigenvalue weighted by atomic mass is 10.0. The smallest absolute Gasteiger partial charge is 0.356 e. The first kappa shape index (κ1) is 14.6. The van der Waals surface area contributed by atoms with Gasteiger partial charge < -0.3 is 20.6 Å². The third kappa shape index (κ3) is 3.51. The molecule has 5 N–H and O–H groups in total. The highest BCUT2D eigenvalue weighted by Crippen LogP contribution is 2.35. The van der Waals surface area contributed by atoms with Gasteiger partial charge in [-0.1, -0.05) is 24.8 Å². The molecule has 0 bridgehead atoms. The van der Waals surface area contributed by atoms with E-state index in [0.717, 1.165) is 0 Å². The van der Waals surface area contributed by atoms with Gasteiger partial charge in [-0.3, -0.25) is 9.36 Å². The molecule has 0 fully saturated rings. The van der Waals surface area contributed by atoms with E-state index in [-0.39, 0.29) is 17.3 Å². The number of aliphatic carboxylic acids is 1. The third-order valence-electron chi connectivity index (χ3n) is 2.40. The number of carbonyl (C=O) groups is 1. The van der Waals surface area contributed by atoms with Crippen molar-refractivity contribution >= 4 is 24.9 Å². The van der Waals surface area contributed by atoms with Crippen LogP contribution < -0.4 is 11.0 Å². The Hall–Kier alpha value is -1.46. The second-order valence-corrected chi connectivity index (χ2v) is 5.36. The van der Waals surface area contributed by atoms with Crippen LogP contribution in [0.2, 0.25) is 0 Å². The molecule has 0 saturated heterocycles. The second kappa shape index (κ2) is 5.46. The Bertz CT molecular complexity index is 522. The first-order valence-corrected chi connectivity index (χ1v) is 6.67. The van der Waals surface area contributed by atoms with E-state index in [1.807, 2.05) is 0 Å². The van der Waals surface area contributed by atoms with E-state index in [1.54, 1.807) is 0 Å². The fourth-order valence-corrected chi connectivity index (χ4v) is 2.26. The Kier molecular flexibility index (Phi) is 4.43. The predicted molar refractivity (Wildman–Crippen MR) is 67.5 cm³/mol. The molecule has 1 unspecified atom stereocenters. The van der Waals surface area contributed by atoms with Gasteiger partial charge in [0.2, 0.25) is 0 Å². The number of carboxylic acids is 1. The molecule has 1 atom stereocenters. The second-order valence-electron chi connectivity index (χ2n) is 3.79. The number of hydrogen-bond acceptors (Lipinski definition) is 3. The summed E-state index contributed by atoms with van der Waals surface area (Å²) in [5, 5.41) is 8.55. The molecule has 1 rings (SSSR count). The van der Waals surface area contributed by atoms with Crippen LogP contribution in [0.3, 0.4) is 0 Å². The van der Waals surface area contributed by atoms with Gasteiger partial charge in [0, 0.05) is 0 Å². The molecule has 0 saturated carbocycles. The molecular weight excluding hydrogens is 257 g/mol. The maximum Gasteiger partial charge on any atom is 0.356 e. The van der Waals surface area contributed by atoms with E-state index in [1.165, 1.54) is 24.3 Å². The van der Waals surface area contributed by atoms with E-state index >= 15 is 0 Å². The molecule has 0 heterocycles. The third-order valence-corrected chi connectivity index (χ3v) is 3.43. The van der Waals surface area contributed by atoms with Crippen LogP contribution in [0.25, 0.3) is 6.08 Å². The number of rotatable bonds is 5. The zero-order chi connectivity index (χ0) is 13.9. The fraction of sp³-hybridized carbons (Fsp3) is 0.182. The molecule has 0 aromatic heterocycles. The van der Waals surface area contributed by atoms with Crippen molar-refractivity contribution < 1.29 is 24.3 Å². The summed E-state index contributed by atoms with van der Waals surface area (Å²) in [6, 6.07) is 3.14. The molecule has 1 aromatic rings. The summed E-state index contributed by atoms with van der Waals surface area (Å²) >= 11 is 0. The minimum atomic E-state index is -4.36. The van der Waals surface area contributed by atoms with Gasteiger partial charge in [0.05, 0.1) is 5.30 Å². The van der Waals surface area contributed by atoms with Crippen molar-refractivity contribution in [2.24, 2.45) is 5.73 Å². The zero-order valence-electron chi connectivity index (χ0n) is 9.48. The topological polar surface area (TPSA) is 121 Å². The maximum atomic E-state index is 11.2. The Balaban J connectivity index is 3.10. The normalized spacial score (nSPS) is 13.1.